The summed E-state index contributed by atoms with van der Waals surface area (Å²) in [7, 11) is 0. The summed E-state index contributed by atoms with van der Waals surface area (Å²) < 4.78 is 0. The average molecular weight is 361 g/mol. The van der Waals surface area contributed by atoms with Crippen LogP contribution in [-0.4, -0.2) is 28.9 Å². The summed E-state index contributed by atoms with van der Waals surface area (Å²) in [5, 5.41) is 1.34. The van der Waals surface area contributed by atoms with E-state index in [1.54, 1.807) is 0 Å². The number of carbonyl (C=O) groups excluding carboxylic acids is 1. The summed E-state index contributed by atoms with van der Waals surface area (Å²) in [5.41, 5.74) is 11.5. The highest BCUT2D eigenvalue weighted by atomic mass is 16.2. The molecule has 0 bridgehead atoms. The van der Waals surface area contributed by atoms with Crippen molar-refractivity contribution in [3.8, 4) is 0 Å². The van der Waals surface area contributed by atoms with E-state index in [0.29, 0.717) is 12.5 Å². The van der Waals surface area contributed by atoms with Crippen molar-refractivity contribution in [1.82, 2.24) is 9.88 Å². The highest BCUT2D eigenvalue weighted by Gasteiger charge is 2.26. The molecule has 1 amide bonds. The number of aromatic nitrogens is 1. The van der Waals surface area contributed by atoms with Crippen molar-refractivity contribution in [2.75, 3.05) is 13.1 Å². The Morgan fingerprint density at radius 3 is 2.56 bits per heavy atom. The van der Waals surface area contributed by atoms with E-state index >= 15 is 0 Å². The third-order valence-electron chi connectivity index (χ3n) is 5.87. The van der Waals surface area contributed by atoms with Crippen LogP contribution < -0.4 is 5.73 Å². The molecule has 4 nitrogen and oxygen atoms in total. The van der Waals surface area contributed by atoms with Crippen LogP contribution in [0.5, 0.6) is 0 Å². The normalized spacial score (nSPS) is 15.4. The fourth-order valence-corrected chi connectivity index (χ4v) is 4.23. The van der Waals surface area contributed by atoms with E-state index < -0.39 is 0 Å². The lowest BCUT2D eigenvalue weighted by Gasteiger charge is -2.32. The molecule has 1 saturated heterocycles. The highest BCUT2D eigenvalue weighted by Crippen LogP contribution is 2.34. The third kappa shape index (κ3) is 3.37. The molecule has 1 aromatic heterocycles. The van der Waals surface area contributed by atoms with Crippen LogP contribution in [0.25, 0.3) is 10.9 Å². The molecule has 1 fully saturated rings. The first kappa shape index (κ1) is 17.8. The minimum atomic E-state index is 0.129. The van der Waals surface area contributed by atoms with Crippen molar-refractivity contribution in [3.05, 3.63) is 70.9 Å². The van der Waals surface area contributed by atoms with Crippen molar-refractivity contribution < 1.29 is 4.79 Å². The van der Waals surface area contributed by atoms with E-state index in [4.69, 9.17) is 5.73 Å². The van der Waals surface area contributed by atoms with Gasteiger partial charge in [-0.2, -0.15) is 0 Å². The number of benzene rings is 2. The quantitative estimate of drug-likeness (QED) is 0.731. The van der Waals surface area contributed by atoms with E-state index in [9.17, 15) is 4.79 Å². The second kappa shape index (κ2) is 7.57. The van der Waals surface area contributed by atoms with Gasteiger partial charge >= 0.3 is 0 Å². The summed E-state index contributed by atoms with van der Waals surface area (Å²) in [4.78, 5) is 18.2. The Bertz CT molecular complexity index is 934. The van der Waals surface area contributed by atoms with E-state index in [1.807, 2.05) is 29.2 Å². The Morgan fingerprint density at radius 2 is 1.89 bits per heavy atom. The minimum absolute atomic E-state index is 0.129. The maximum atomic E-state index is 12.8. The Balaban J connectivity index is 1.46. The average Bonchev–Trinajstić information content (AvgIpc) is 3.17. The number of rotatable bonds is 4. The zero-order chi connectivity index (χ0) is 18.8. The van der Waals surface area contributed by atoms with Crippen LogP contribution >= 0.6 is 0 Å². The molecule has 0 unspecified atom stereocenters. The van der Waals surface area contributed by atoms with Gasteiger partial charge in [-0.3, -0.25) is 4.79 Å². The van der Waals surface area contributed by atoms with Gasteiger partial charge in [-0.25, -0.2) is 0 Å². The van der Waals surface area contributed by atoms with Gasteiger partial charge in [0.05, 0.1) is 0 Å². The van der Waals surface area contributed by atoms with Crippen LogP contribution in [0, 0.1) is 0 Å². The number of amides is 1. The third-order valence-corrected chi connectivity index (χ3v) is 5.87. The predicted octanol–water partition coefficient (Wildman–Crippen LogP) is 4.21. The summed E-state index contributed by atoms with van der Waals surface area (Å²) in [6.07, 6.45) is 5.23. The van der Waals surface area contributed by atoms with Gasteiger partial charge in [-0.1, -0.05) is 37.3 Å². The molecule has 3 aromatic rings. The van der Waals surface area contributed by atoms with Crippen LogP contribution in [0.3, 0.4) is 0 Å². The van der Waals surface area contributed by atoms with Crippen LogP contribution in [0.2, 0.25) is 0 Å². The van der Waals surface area contributed by atoms with Gasteiger partial charge in [0.25, 0.3) is 5.91 Å². The molecule has 3 N–H and O–H groups in total. The Hall–Kier alpha value is -2.59. The number of para-hydroxylation sites is 1. The van der Waals surface area contributed by atoms with E-state index in [0.717, 1.165) is 43.5 Å². The summed E-state index contributed by atoms with van der Waals surface area (Å²) >= 11 is 0. The fraction of sp³-hybridized carbons (Fsp3) is 0.348. The molecule has 1 aliphatic rings. The number of nitrogens with two attached hydrogens (primary N) is 1. The number of aryl methyl sites for hydroxylation is 1. The van der Waals surface area contributed by atoms with Gasteiger partial charge in [0.1, 0.15) is 0 Å². The zero-order valence-electron chi connectivity index (χ0n) is 15.9. The topological polar surface area (TPSA) is 62.1 Å². The largest absolute Gasteiger partial charge is 0.361 e. The number of aromatic amines is 1. The van der Waals surface area contributed by atoms with Crippen molar-refractivity contribution in [1.29, 1.82) is 0 Å². The van der Waals surface area contributed by atoms with E-state index in [2.05, 4.69) is 36.3 Å². The molecular weight excluding hydrogens is 334 g/mol. The van der Waals surface area contributed by atoms with Gasteiger partial charge in [-0.15, -0.1) is 0 Å². The predicted molar refractivity (Wildman–Crippen MR) is 110 cm³/mol. The maximum absolute atomic E-state index is 12.8. The zero-order valence-corrected chi connectivity index (χ0v) is 15.9. The molecule has 4 rings (SSSR count). The summed E-state index contributed by atoms with van der Waals surface area (Å²) in [6, 6.07) is 14.2. The molecule has 2 heterocycles. The Kier molecular flexibility index (Phi) is 4.99. The van der Waals surface area contributed by atoms with Gasteiger partial charge in [-0.05, 0) is 54.0 Å². The van der Waals surface area contributed by atoms with Gasteiger partial charge in [0.2, 0.25) is 0 Å². The lowest BCUT2D eigenvalue weighted by molar-refractivity contribution is 0.0713. The molecular formula is C23H27N3O. The number of nitrogens with zero attached hydrogens (tertiary/aromatic N) is 1. The van der Waals surface area contributed by atoms with Crippen LogP contribution in [-0.2, 0) is 13.0 Å². The van der Waals surface area contributed by atoms with Gasteiger partial charge in [0, 0.05) is 42.3 Å². The van der Waals surface area contributed by atoms with E-state index in [1.165, 1.54) is 22.0 Å². The molecule has 0 aliphatic carbocycles. The smallest absolute Gasteiger partial charge is 0.253 e. The number of piperidine rings is 1. The molecule has 0 atom stereocenters. The highest BCUT2D eigenvalue weighted by molar-refractivity contribution is 5.94. The van der Waals surface area contributed by atoms with Gasteiger partial charge in [0.15, 0.2) is 0 Å². The monoisotopic (exact) mass is 361 g/mol. The fourth-order valence-electron chi connectivity index (χ4n) is 4.23. The number of carbonyl (C=O) groups is 1. The number of hydrogen-bond acceptors (Lipinski definition) is 2. The first-order valence-corrected chi connectivity index (χ1v) is 9.88. The van der Waals surface area contributed by atoms with Crippen LogP contribution in [0.4, 0.5) is 0 Å². The number of nitrogens with one attached hydrogen (secondary N) is 1. The standard InChI is InChI=1S/C23H27N3O/c1-2-17-4-3-5-20-21(15-25-22(17)20)18-10-12-26(13-11-18)23(27)19-8-6-16(14-24)7-9-19/h3-9,15,18,25H,2,10-14,24H2,1H3. The first-order valence-electron chi connectivity index (χ1n) is 9.88. The van der Waals surface area contributed by atoms with Crippen molar-refractivity contribution in [2.45, 2.75) is 38.6 Å². The molecule has 1 aliphatic heterocycles. The second-order valence-electron chi connectivity index (χ2n) is 7.40. The SMILES string of the molecule is CCc1cccc2c(C3CCN(C(=O)c4ccc(CN)cc4)CC3)c[nH]c12. The van der Waals surface area contributed by atoms with Crippen molar-refractivity contribution in [3.63, 3.8) is 0 Å². The Morgan fingerprint density at radius 1 is 1.15 bits per heavy atom. The molecule has 0 saturated carbocycles. The van der Waals surface area contributed by atoms with Gasteiger partial charge < -0.3 is 15.6 Å². The maximum Gasteiger partial charge on any atom is 0.253 e. The number of H-pyrrole nitrogens is 1. The van der Waals surface area contributed by atoms with Crippen LogP contribution in [0.1, 0.15) is 52.7 Å². The molecule has 0 radical (unpaired) electrons. The molecule has 27 heavy (non-hydrogen) atoms. The van der Waals surface area contributed by atoms with Crippen molar-refractivity contribution >= 4 is 16.8 Å². The number of hydrogen-bond donors (Lipinski definition) is 2. The van der Waals surface area contributed by atoms with Crippen molar-refractivity contribution in [2.24, 2.45) is 5.73 Å². The first-order chi connectivity index (χ1) is 13.2. The number of likely N-dealkylation sites (tertiary alicyclic amines) is 1. The molecule has 0 spiro atoms. The summed E-state index contributed by atoms with van der Waals surface area (Å²) in [5.74, 6) is 0.638. The lowest BCUT2D eigenvalue weighted by Crippen LogP contribution is -2.37. The van der Waals surface area contributed by atoms with Crippen LogP contribution in [0.15, 0.2) is 48.7 Å². The summed E-state index contributed by atoms with van der Waals surface area (Å²) in [6.45, 7) is 4.31. The molecule has 4 heteroatoms. The number of fused-ring (bicyclic) bond motifs is 1. The van der Waals surface area contributed by atoms with E-state index in [-0.39, 0.29) is 5.91 Å². The Labute approximate surface area is 160 Å². The lowest BCUT2D eigenvalue weighted by atomic mass is 9.88. The molecule has 2 aromatic carbocycles. The second-order valence-corrected chi connectivity index (χ2v) is 7.40. The minimum Gasteiger partial charge on any atom is -0.361 e. The molecule has 140 valence electrons.